The second-order valence-corrected chi connectivity index (χ2v) is 9.86. The Morgan fingerprint density at radius 3 is 2.52 bits per heavy atom. The second kappa shape index (κ2) is 9.73. The van der Waals surface area contributed by atoms with Gasteiger partial charge in [-0.15, -0.1) is 0 Å². The van der Waals surface area contributed by atoms with E-state index < -0.39 is 10.0 Å². The van der Waals surface area contributed by atoms with E-state index in [2.05, 4.69) is 10.2 Å². The Morgan fingerprint density at radius 1 is 1.17 bits per heavy atom. The van der Waals surface area contributed by atoms with Gasteiger partial charge in [-0.05, 0) is 59.9 Å². The molecule has 1 saturated heterocycles. The van der Waals surface area contributed by atoms with Crippen LogP contribution in [0.3, 0.4) is 0 Å². The number of amides is 1. The smallest absolute Gasteiger partial charge is 0.243 e. The summed E-state index contributed by atoms with van der Waals surface area (Å²) in [5, 5.41) is 7.02. The van der Waals surface area contributed by atoms with E-state index in [1.54, 1.807) is 23.5 Å². The summed E-state index contributed by atoms with van der Waals surface area (Å²) in [5.74, 6) is -0.103. The molecule has 8 heteroatoms. The molecule has 158 valence electrons. The van der Waals surface area contributed by atoms with Crippen LogP contribution in [0.4, 0.5) is 11.4 Å². The maximum Gasteiger partial charge on any atom is 0.243 e. The van der Waals surface area contributed by atoms with Crippen molar-refractivity contribution in [2.45, 2.75) is 44.4 Å². The van der Waals surface area contributed by atoms with Gasteiger partial charge in [0.05, 0.1) is 16.3 Å². The fraction of sp³-hybridized carbons (Fsp3) is 0.476. The lowest BCUT2D eigenvalue weighted by Crippen LogP contribution is -2.31. The van der Waals surface area contributed by atoms with E-state index in [-0.39, 0.29) is 10.8 Å². The predicted octanol–water partition coefficient (Wildman–Crippen LogP) is 3.95. The van der Waals surface area contributed by atoms with Crippen LogP contribution in [0.1, 0.15) is 38.7 Å². The molecule has 0 atom stereocenters. The molecule has 0 spiro atoms. The third-order valence-electron chi connectivity index (χ3n) is 5.25. The number of nitrogens with zero attached hydrogens (tertiary/aromatic N) is 2. The van der Waals surface area contributed by atoms with E-state index >= 15 is 0 Å². The summed E-state index contributed by atoms with van der Waals surface area (Å²) < 4.78 is 27.3. The van der Waals surface area contributed by atoms with Crippen LogP contribution in [0.2, 0.25) is 0 Å². The summed E-state index contributed by atoms with van der Waals surface area (Å²) in [4.78, 5) is 15.0. The molecule has 1 aliphatic rings. The van der Waals surface area contributed by atoms with Gasteiger partial charge < -0.3 is 10.2 Å². The highest BCUT2D eigenvalue weighted by atomic mass is 32.2. The van der Waals surface area contributed by atoms with Gasteiger partial charge in [-0.25, -0.2) is 8.42 Å². The van der Waals surface area contributed by atoms with E-state index in [0.717, 1.165) is 37.2 Å². The van der Waals surface area contributed by atoms with Crippen LogP contribution < -0.4 is 10.2 Å². The van der Waals surface area contributed by atoms with Crippen molar-refractivity contribution in [3.8, 4) is 0 Å². The van der Waals surface area contributed by atoms with Gasteiger partial charge in [0, 0.05) is 32.6 Å². The van der Waals surface area contributed by atoms with Crippen molar-refractivity contribution in [1.82, 2.24) is 4.31 Å². The monoisotopic (exact) mass is 435 g/mol. The Labute approximate surface area is 177 Å². The number of thiophene rings is 1. The number of sulfonamides is 1. The number of hydrogen-bond donors (Lipinski definition) is 1. The van der Waals surface area contributed by atoms with Crippen molar-refractivity contribution in [2.75, 3.05) is 36.4 Å². The minimum atomic E-state index is -3.58. The topological polar surface area (TPSA) is 69.7 Å². The molecular weight excluding hydrogens is 406 g/mol. The minimum absolute atomic E-state index is 0.103. The van der Waals surface area contributed by atoms with Crippen LogP contribution in [0, 0.1) is 0 Å². The van der Waals surface area contributed by atoms with Gasteiger partial charge in [-0.3, -0.25) is 4.79 Å². The van der Waals surface area contributed by atoms with Crippen LogP contribution in [0.15, 0.2) is 39.9 Å². The van der Waals surface area contributed by atoms with Crippen molar-refractivity contribution in [3.63, 3.8) is 0 Å². The molecule has 0 aliphatic carbocycles. The van der Waals surface area contributed by atoms with Gasteiger partial charge in [0.2, 0.25) is 15.9 Å². The summed E-state index contributed by atoms with van der Waals surface area (Å²) in [5.41, 5.74) is 2.61. The molecule has 0 unspecified atom stereocenters. The lowest BCUT2D eigenvalue weighted by atomic mass is 10.2. The van der Waals surface area contributed by atoms with E-state index in [1.807, 2.05) is 36.7 Å². The standard InChI is InChI=1S/C21H29N3O3S2/c1-3-24(4-2)29(26,27)18-8-9-20(23-12-5-6-13-23)19(15-18)22-21(25)10-7-17-11-14-28-16-17/h8-9,11,14-16H,3-7,10,12-13H2,1-2H3,(H,22,25). The summed E-state index contributed by atoms with van der Waals surface area (Å²) in [6.07, 6.45) is 3.24. The van der Waals surface area contributed by atoms with Crippen molar-refractivity contribution in [1.29, 1.82) is 0 Å². The zero-order valence-electron chi connectivity index (χ0n) is 17.1. The molecule has 1 aromatic carbocycles. The fourth-order valence-electron chi connectivity index (χ4n) is 3.63. The molecule has 1 N–H and O–H groups in total. The number of carbonyl (C=O) groups is 1. The number of hydrogen-bond acceptors (Lipinski definition) is 5. The van der Waals surface area contributed by atoms with Crippen molar-refractivity contribution in [2.24, 2.45) is 0 Å². The van der Waals surface area contributed by atoms with Crippen LogP contribution in [-0.4, -0.2) is 44.8 Å². The van der Waals surface area contributed by atoms with Crippen LogP contribution in [0.25, 0.3) is 0 Å². The second-order valence-electron chi connectivity index (χ2n) is 7.14. The van der Waals surface area contributed by atoms with Gasteiger partial charge in [0.15, 0.2) is 0 Å². The first-order valence-electron chi connectivity index (χ1n) is 10.2. The quantitative estimate of drug-likeness (QED) is 0.647. The van der Waals surface area contributed by atoms with E-state index in [9.17, 15) is 13.2 Å². The third kappa shape index (κ3) is 5.18. The zero-order chi connectivity index (χ0) is 20.9. The third-order valence-corrected chi connectivity index (χ3v) is 8.03. The maximum atomic E-state index is 12.9. The average molecular weight is 436 g/mol. The summed E-state index contributed by atoms with van der Waals surface area (Å²) >= 11 is 1.62. The lowest BCUT2D eigenvalue weighted by Gasteiger charge is -2.24. The number of carbonyl (C=O) groups excluding carboxylic acids is 1. The largest absolute Gasteiger partial charge is 0.370 e. The van der Waals surface area contributed by atoms with Gasteiger partial charge in [0.1, 0.15) is 0 Å². The molecule has 0 saturated carbocycles. The molecule has 29 heavy (non-hydrogen) atoms. The highest BCUT2D eigenvalue weighted by Crippen LogP contribution is 2.32. The molecule has 3 rings (SSSR count). The van der Waals surface area contributed by atoms with Gasteiger partial charge >= 0.3 is 0 Å². The summed E-state index contributed by atoms with van der Waals surface area (Å²) in [6.45, 7) is 6.31. The number of anilines is 2. The first-order chi connectivity index (χ1) is 14.0. The van der Waals surface area contributed by atoms with Gasteiger partial charge in [-0.1, -0.05) is 13.8 Å². The minimum Gasteiger partial charge on any atom is -0.370 e. The van der Waals surface area contributed by atoms with Crippen LogP contribution in [0.5, 0.6) is 0 Å². The van der Waals surface area contributed by atoms with E-state index in [1.165, 1.54) is 4.31 Å². The number of nitrogens with one attached hydrogen (secondary N) is 1. The van der Waals surface area contributed by atoms with Gasteiger partial charge in [-0.2, -0.15) is 15.6 Å². The highest BCUT2D eigenvalue weighted by molar-refractivity contribution is 7.89. The predicted molar refractivity (Wildman–Crippen MR) is 119 cm³/mol. The first-order valence-corrected chi connectivity index (χ1v) is 12.5. The summed E-state index contributed by atoms with van der Waals surface area (Å²) in [6, 6.07) is 7.12. The molecule has 2 aromatic rings. The first kappa shape index (κ1) is 21.8. The molecule has 1 aromatic heterocycles. The fourth-order valence-corrected chi connectivity index (χ4v) is 5.82. The van der Waals surface area contributed by atoms with Crippen molar-refractivity contribution >= 4 is 38.6 Å². The van der Waals surface area contributed by atoms with Gasteiger partial charge in [0.25, 0.3) is 0 Å². The van der Waals surface area contributed by atoms with E-state index in [0.29, 0.717) is 31.6 Å². The SMILES string of the molecule is CCN(CC)S(=O)(=O)c1ccc(N2CCCC2)c(NC(=O)CCc2ccsc2)c1. The maximum absolute atomic E-state index is 12.9. The Morgan fingerprint density at radius 2 is 1.90 bits per heavy atom. The molecule has 0 bridgehead atoms. The zero-order valence-corrected chi connectivity index (χ0v) is 18.7. The van der Waals surface area contributed by atoms with E-state index in [4.69, 9.17) is 0 Å². The molecule has 1 aliphatic heterocycles. The molecule has 1 amide bonds. The van der Waals surface area contributed by atoms with Crippen LogP contribution in [-0.2, 0) is 21.2 Å². The highest BCUT2D eigenvalue weighted by Gasteiger charge is 2.25. The Bertz CT molecular complexity index is 917. The molecule has 6 nitrogen and oxygen atoms in total. The Balaban J connectivity index is 1.85. The number of aryl methyl sites for hydroxylation is 1. The Kier molecular flexibility index (Phi) is 7.32. The average Bonchev–Trinajstić information content (AvgIpc) is 3.41. The van der Waals surface area contributed by atoms with Crippen LogP contribution >= 0.6 is 11.3 Å². The molecule has 0 radical (unpaired) electrons. The summed E-state index contributed by atoms with van der Waals surface area (Å²) in [7, 11) is -3.58. The van der Waals surface area contributed by atoms with Crippen molar-refractivity contribution in [3.05, 3.63) is 40.6 Å². The number of benzene rings is 1. The van der Waals surface area contributed by atoms with Crippen molar-refractivity contribution < 1.29 is 13.2 Å². The Hall–Kier alpha value is -1.90. The number of rotatable bonds is 9. The normalized spacial score (nSPS) is 14.5. The molecular formula is C21H29N3O3S2. The molecule has 1 fully saturated rings. The molecule has 2 heterocycles. The lowest BCUT2D eigenvalue weighted by molar-refractivity contribution is -0.116.